The molecule has 0 radical (unpaired) electrons. The fourth-order valence-electron chi connectivity index (χ4n) is 1.82. The summed E-state index contributed by atoms with van der Waals surface area (Å²) in [5.41, 5.74) is 0. The van der Waals surface area contributed by atoms with E-state index in [9.17, 15) is 9.59 Å². The molecule has 0 aromatic carbocycles. The molecule has 0 aromatic heterocycles. The van der Waals surface area contributed by atoms with Gasteiger partial charge in [-0.2, -0.15) is 0 Å². The first-order valence-corrected chi connectivity index (χ1v) is 6.20. The maximum atomic E-state index is 11.7. The van der Waals surface area contributed by atoms with E-state index < -0.39 is 0 Å². The number of amides is 2. The van der Waals surface area contributed by atoms with Crippen LogP contribution in [0.3, 0.4) is 0 Å². The fourth-order valence-corrected chi connectivity index (χ4v) is 1.82. The van der Waals surface area contributed by atoms with Gasteiger partial charge >= 0.3 is 0 Å². The summed E-state index contributed by atoms with van der Waals surface area (Å²) in [4.78, 5) is 25.1. The lowest BCUT2D eigenvalue weighted by Gasteiger charge is -2.26. The SMILES string of the molecule is CCC(C)NC(=O)CC(=O)N1CCCCC1. The second-order valence-corrected chi connectivity index (χ2v) is 4.50. The molecule has 1 fully saturated rings. The molecule has 1 aliphatic heterocycles. The monoisotopic (exact) mass is 226 g/mol. The lowest BCUT2D eigenvalue weighted by atomic mass is 10.1. The Morgan fingerprint density at radius 3 is 2.44 bits per heavy atom. The molecule has 0 spiro atoms. The summed E-state index contributed by atoms with van der Waals surface area (Å²) >= 11 is 0. The molecular formula is C12H22N2O2. The summed E-state index contributed by atoms with van der Waals surface area (Å²) in [6.07, 6.45) is 4.23. The number of carbonyl (C=O) groups excluding carboxylic acids is 2. The summed E-state index contributed by atoms with van der Waals surface area (Å²) in [6.45, 7) is 5.59. The Labute approximate surface area is 97.4 Å². The molecule has 92 valence electrons. The first kappa shape index (κ1) is 13.0. The predicted molar refractivity (Wildman–Crippen MR) is 62.9 cm³/mol. The first-order chi connectivity index (χ1) is 7.63. The second kappa shape index (κ2) is 6.51. The standard InChI is InChI=1S/C12H22N2O2/c1-3-10(2)13-11(15)9-12(16)14-7-5-4-6-8-14/h10H,3-9H2,1-2H3,(H,13,15). The number of rotatable bonds is 4. The van der Waals surface area contributed by atoms with Crippen molar-refractivity contribution in [1.29, 1.82) is 0 Å². The van der Waals surface area contributed by atoms with Crippen LogP contribution in [-0.4, -0.2) is 35.8 Å². The van der Waals surface area contributed by atoms with Gasteiger partial charge in [0.15, 0.2) is 0 Å². The van der Waals surface area contributed by atoms with Crippen LogP contribution in [0.25, 0.3) is 0 Å². The van der Waals surface area contributed by atoms with Gasteiger partial charge in [0.1, 0.15) is 6.42 Å². The molecule has 0 aliphatic carbocycles. The summed E-state index contributed by atoms with van der Waals surface area (Å²) in [6, 6.07) is 0.154. The Bertz CT molecular complexity index is 247. The maximum absolute atomic E-state index is 11.7. The number of likely N-dealkylation sites (tertiary alicyclic amines) is 1. The maximum Gasteiger partial charge on any atom is 0.232 e. The van der Waals surface area contributed by atoms with Crippen molar-refractivity contribution in [3.8, 4) is 0 Å². The van der Waals surface area contributed by atoms with E-state index in [2.05, 4.69) is 5.32 Å². The summed E-state index contributed by atoms with van der Waals surface area (Å²) in [5, 5.41) is 2.81. The van der Waals surface area contributed by atoms with E-state index in [1.165, 1.54) is 6.42 Å². The van der Waals surface area contributed by atoms with Crippen molar-refractivity contribution < 1.29 is 9.59 Å². The fraction of sp³-hybridized carbons (Fsp3) is 0.833. The highest BCUT2D eigenvalue weighted by atomic mass is 16.2. The minimum absolute atomic E-state index is 0.00431. The highest BCUT2D eigenvalue weighted by Crippen LogP contribution is 2.09. The lowest BCUT2D eigenvalue weighted by molar-refractivity contribution is -0.136. The van der Waals surface area contributed by atoms with E-state index in [-0.39, 0.29) is 24.3 Å². The Morgan fingerprint density at radius 2 is 1.88 bits per heavy atom. The van der Waals surface area contributed by atoms with Crippen molar-refractivity contribution in [1.82, 2.24) is 10.2 Å². The van der Waals surface area contributed by atoms with Gasteiger partial charge in [0.25, 0.3) is 0 Å². The van der Waals surface area contributed by atoms with Crippen LogP contribution >= 0.6 is 0 Å². The van der Waals surface area contributed by atoms with Crippen LogP contribution in [0, 0.1) is 0 Å². The molecular weight excluding hydrogens is 204 g/mol. The van der Waals surface area contributed by atoms with Gasteiger partial charge in [0, 0.05) is 19.1 Å². The predicted octanol–water partition coefficient (Wildman–Crippen LogP) is 1.30. The van der Waals surface area contributed by atoms with Crippen LogP contribution in [0.4, 0.5) is 0 Å². The van der Waals surface area contributed by atoms with Gasteiger partial charge in [-0.1, -0.05) is 6.92 Å². The van der Waals surface area contributed by atoms with Crippen molar-refractivity contribution in [2.24, 2.45) is 0 Å². The van der Waals surface area contributed by atoms with Crippen molar-refractivity contribution in [2.45, 2.75) is 52.0 Å². The molecule has 1 aliphatic rings. The summed E-state index contributed by atoms with van der Waals surface area (Å²) in [7, 11) is 0. The van der Waals surface area contributed by atoms with E-state index in [1.54, 1.807) is 4.90 Å². The van der Waals surface area contributed by atoms with Crippen LogP contribution < -0.4 is 5.32 Å². The van der Waals surface area contributed by atoms with Crippen molar-refractivity contribution >= 4 is 11.8 Å². The average Bonchev–Trinajstić information content (AvgIpc) is 2.29. The van der Waals surface area contributed by atoms with Crippen molar-refractivity contribution in [2.75, 3.05) is 13.1 Å². The molecule has 4 heteroatoms. The van der Waals surface area contributed by atoms with Crippen LogP contribution in [-0.2, 0) is 9.59 Å². The number of hydrogen-bond donors (Lipinski definition) is 1. The largest absolute Gasteiger partial charge is 0.353 e. The number of hydrogen-bond acceptors (Lipinski definition) is 2. The van der Waals surface area contributed by atoms with Crippen LogP contribution in [0.1, 0.15) is 46.0 Å². The first-order valence-electron chi connectivity index (χ1n) is 6.20. The molecule has 16 heavy (non-hydrogen) atoms. The van der Waals surface area contributed by atoms with Gasteiger partial charge in [0.2, 0.25) is 11.8 Å². The molecule has 2 amide bonds. The van der Waals surface area contributed by atoms with E-state index in [0.29, 0.717) is 0 Å². The highest BCUT2D eigenvalue weighted by Gasteiger charge is 2.19. The molecule has 0 saturated carbocycles. The Morgan fingerprint density at radius 1 is 1.25 bits per heavy atom. The van der Waals surface area contributed by atoms with Gasteiger partial charge in [-0.3, -0.25) is 9.59 Å². The Kier molecular flexibility index (Phi) is 5.29. The smallest absolute Gasteiger partial charge is 0.232 e. The molecule has 0 aromatic rings. The Hall–Kier alpha value is -1.06. The normalized spacial score (nSPS) is 18.0. The quantitative estimate of drug-likeness (QED) is 0.735. The van der Waals surface area contributed by atoms with Gasteiger partial charge in [0.05, 0.1) is 0 Å². The van der Waals surface area contributed by atoms with Crippen molar-refractivity contribution in [3.05, 3.63) is 0 Å². The number of nitrogens with zero attached hydrogens (tertiary/aromatic N) is 1. The second-order valence-electron chi connectivity index (χ2n) is 4.50. The molecule has 1 rings (SSSR count). The lowest BCUT2D eigenvalue weighted by Crippen LogP contribution is -2.40. The van der Waals surface area contributed by atoms with Gasteiger partial charge < -0.3 is 10.2 Å². The Balaban J connectivity index is 2.29. The third-order valence-corrected chi connectivity index (χ3v) is 3.04. The van der Waals surface area contributed by atoms with E-state index in [1.807, 2.05) is 13.8 Å². The molecule has 1 heterocycles. The highest BCUT2D eigenvalue weighted by molar-refractivity contribution is 5.97. The van der Waals surface area contributed by atoms with Gasteiger partial charge in [-0.15, -0.1) is 0 Å². The number of carbonyl (C=O) groups is 2. The minimum atomic E-state index is -0.148. The van der Waals surface area contributed by atoms with Crippen LogP contribution in [0.15, 0.2) is 0 Å². The third kappa shape index (κ3) is 4.21. The molecule has 1 unspecified atom stereocenters. The zero-order valence-corrected chi connectivity index (χ0v) is 10.3. The van der Waals surface area contributed by atoms with Crippen molar-refractivity contribution in [3.63, 3.8) is 0 Å². The topological polar surface area (TPSA) is 49.4 Å². The molecule has 1 N–H and O–H groups in total. The van der Waals surface area contributed by atoms with Crippen LogP contribution in [0.2, 0.25) is 0 Å². The summed E-state index contributed by atoms with van der Waals surface area (Å²) < 4.78 is 0. The molecule has 4 nitrogen and oxygen atoms in total. The zero-order chi connectivity index (χ0) is 12.0. The summed E-state index contributed by atoms with van der Waals surface area (Å²) in [5.74, 6) is -0.176. The minimum Gasteiger partial charge on any atom is -0.353 e. The van der Waals surface area contributed by atoms with Gasteiger partial charge in [-0.25, -0.2) is 0 Å². The number of nitrogens with one attached hydrogen (secondary N) is 1. The van der Waals surface area contributed by atoms with E-state index in [0.717, 1.165) is 32.4 Å². The molecule has 0 bridgehead atoms. The zero-order valence-electron chi connectivity index (χ0n) is 10.3. The van der Waals surface area contributed by atoms with Gasteiger partial charge in [-0.05, 0) is 32.6 Å². The van der Waals surface area contributed by atoms with E-state index in [4.69, 9.17) is 0 Å². The van der Waals surface area contributed by atoms with Crippen LogP contribution in [0.5, 0.6) is 0 Å². The number of piperidine rings is 1. The third-order valence-electron chi connectivity index (χ3n) is 3.04. The van der Waals surface area contributed by atoms with E-state index >= 15 is 0 Å². The average molecular weight is 226 g/mol. The molecule has 1 atom stereocenters. The molecule has 1 saturated heterocycles.